The van der Waals surface area contributed by atoms with Gasteiger partial charge in [-0.25, -0.2) is 9.59 Å². The fourth-order valence-corrected chi connectivity index (χ4v) is 9.98. The summed E-state index contributed by atoms with van der Waals surface area (Å²) in [4.78, 5) is 56.0. The van der Waals surface area contributed by atoms with E-state index in [1.54, 1.807) is 0 Å². The molecule has 58 heavy (non-hydrogen) atoms. The zero-order valence-corrected chi connectivity index (χ0v) is 35.3. The number of aromatic amines is 2. The first kappa shape index (κ1) is 41.3. The number of carbonyl (C=O) groups is 3. The van der Waals surface area contributed by atoms with E-state index in [2.05, 4.69) is 104 Å². The van der Waals surface area contributed by atoms with Crippen molar-refractivity contribution in [2.24, 2.45) is 5.92 Å². The standard InChI is InChI=1S/C26H37N5O2.C20H26N4O/c1-5-11-30-17-19(25(32)31(26(33)27-6-2)13-8-12-29(3)4)14-21-20-9-7-10-22-24(20)18(16-28-22)15-23(21)30;1-4-24(5-2)20(25)22-14-10-16-15-7-6-8-17-19(15)13(11-21-17)9-18(16)23(3)12-14/h5,7,9-10,16,19,21,23,28H,1,6,8,11-15,17H2,2-4H3,(H,27,33);6-8,10-11,14,18,21H,4-5,9,12H2,1-3H3,(H,22,25)/t19-,21-,23-;14-,18+/m10/s1. The Morgan fingerprint density at radius 2 is 1.62 bits per heavy atom. The van der Waals surface area contributed by atoms with Crippen LogP contribution in [-0.4, -0.2) is 144 Å². The molecule has 5 atom stereocenters. The van der Waals surface area contributed by atoms with Gasteiger partial charge in [-0.2, -0.15) is 0 Å². The number of nitrogens with zero attached hydrogens (tertiary/aromatic N) is 5. The lowest BCUT2D eigenvalue weighted by molar-refractivity contribution is -0.135. The van der Waals surface area contributed by atoms with Gasteiger partial charge in [-0.3, -0.25) is 19.5 Å². The molecular formula is C46H63N9O3. The molecule has 4 heterocycles. The van der Waals surface area contributed by atoms with Gasteiger partial charge in [0.05, 0.1) is 12.0 Å². The number of imide groups is 1. The predicted molar refractivity (Wildman–Crippen MR) is 234 cm³/mol. The first-order valence-electron chi connectivity index (χ1n) is 21.3. The van der Waals surface area contributed by atoms with E-state index in [4.69, 9.17) is 0 Å². The van der Waals surface area contributed by atoms with Gasteiger partial charge in [0.25, 0.3) is 0 Å². The number of fused-ring (bicyclic) bond motifs is 4. The molecular weight excluding hydrogens is 727 g/mol. The summed E-state index contributed by atoms with van der Waals surface area (Å²) < 4.78 is 0. The van der Waals surface area contributed by atoms with Crippen LogP contribution >= 0.6 is 0 Å². The Morgan fingerprint density at radius 1 is 0.914 bits per heavy atom. The maximum Gasteiger partial charge on any atom is 0.324 e. The predicted octanol–water partition coefficient (Wildman–Crippen LogP) is 6.04. The van der Waals surface area contributed by atoms with Gasteiger partial charge in [-0.15, -0.1) is 6.58 Å². The molecule has 2 aliphatic heterocycles. The van der Waals surface area contributed by atoms with E-state index < -0.39 is 0 Å². The van der Waals surface area contributed by atoms with Crippen LogP contribution in [0.1, 0.15) is 61.8 Å². The molecule has 4 N–H and O–H groups in total. The highest BCUT2D eigenvalue weighted by molar-refractivity contribution is 5.99. The summed E-state index contributed by atoms with van der Waals surface area (Å²) in [6, 6.07) is 13.4. The molecule has 0 radical (unpaired) electrons. The van der Waals surface area contributed by atoms with Crippen LogP contribution in [0.3, 0.4) is 0 Å². The topological polar surface area (TPSA) is 123 Å². The number of aromatic nitrogens is 2. The van der Waals surface area contributed by atoms with Crippen molar-refractivity contribution < 1.29 is 14.4 Å². The van der Waals surface area contributed by atoms with Crippen LogP contribution in [0, 0.1) is 5.92 Å². The number of likely N-dealkylation sites (N-methyl/N-ethyl adjacent to an activating group) is 1. The summed E-state index contributed by atoms with van der Waals surface area (Å²) in [6.07, 6.45) is 12.0. The quantitative estimate of drug-likeness (QED) is 0.138. The third kappa shape index (κ3) is 8.19. The van der Waals surface area contributed by atoms with Gasteiger partial charge in [0.1, 0.15) is 0 Å². The first-order chi connectivity index (χ1) is 28.1. The molecule has 0 bridgehead atoms. The molecule has 1 fully saturated rings. The van der Waals surface area contributed by atoms with E-state index in [0.29, 0.717) is 31.7 Å². The molecule has 5 amide bonds. The van der Waals surface area contributed by atoms with Crippen molar-refractivity contribution in [3.05, 3.63) is 89.8 Å². The van der Waals surface area contributed by atoms with Gasteiger partial charge in [0.2, 0.25) is 5.91 Å². The van der Waals surface area contributed by atoms with Crippen molar-refractivity contribution in [3.63, 3.8) is 0 Å². The van der Waals surface area contributed by atoms with Crippen LogP contribution in [0.15, 0.2) is 67.5 Å². The lowest BCUT2D eigenvalue weighted by Crippen LogP contribution is -2.55. The minimum Gasteiger partial charge on any atom is -0.361 e. The minimum atomic E-state index is -0.280. The van der Waals surface area contributed by atoms with Crippen molar-refractivity contribution >= 4 is 45.3 Å². The molecule has 2 aromatic carbocycles. The molecule has 12 nitrogen and oxygen atoms in total. The zero-order chi connectivity index (χ0) is 41.1. The number of rotatable bonds is 11. The molecule has 2 aliphatic carbocycles. The van der Waals surface area contributed by atoms with Crippen LogP contribution in [-0.2, 0) is 17.6 Å². The Hall–Kier alpha value is -4.91. The van der Waals surface area contributed by atoms with Gasteiger partial charge >= 0.3 is 12.1 Å². The molecule has 0 spiro atoms. The molecule has 2 aromatic heterocycles. The molecule has 0 unspecified atom stereocenters. The normalized spacial score (nSPS) is 22.3. The van der Waals surface area contributed by atoms with Crippen LogP contribution in [0.4, 0.5) is 9.59 Å². The highest BCUT2D eigenvalue weighted by atomic mass is 16.2. The third-order valence-electron chi connectivity index (χ3n) is 12.7. The van der Waals surface area contributed by atoms with Gasteiger partial charge in [0, 0.05) is 98.0 Å². The number of benzene rings is 2. The van der Waals surface area contributed by atoms with Gasteiger partial charge in [-0.1, -0.05) is 36.4 Å². The van der Waals surface area contributed by atoms with Crippen LogP contribution in [0.25, 0.3) is 27.4 Å². The number of amides is 5. The fraction of sp³-hybridized carbons (Fsp3) is 0.500. The minimum absolute atomic E-state index is 0.0232. The molecule has 1 saturated heterocycles. The number of carbonyl (C=O) groups excluding carboxylic acids is 3. The van der Waals surface area contributed by atoms with Crippen molar-refractivity contribution in [1.82, 2.24) is 45.1 Å². The van der Waals surface area contributed by atoms with E-state index in [1.807, 2.05) is 45.8 Å². The number of piperidine rings is 1. The van der Waals surface area contributed by atoms with Crippen molar-refractivity contribution in [2.45, 2.75) is 70.5 Å². The maximum atomic E-state index is 13.7. The number of H-pyrrole nitrogens is 2. The Balaban J connectivity index is 0.000000183. The van der Waals surface area contributed by atoms with Crippen LogP contribution in [0.5, 0.6) is 0 Å². The largest absolute Gasteiger partial charge is 0.361 e. The summed E-state index contributed by atoms with van der Waals surface area (Å²) in [7, 11) is 6.17. The molecule has 12 heteroatoms. The van der Waals surface area contributed by atoms with E-state index >= 15 is 0 Å². The molecule has 4 aromatic rings. The summed E-state index contributed by atoms with van der Waals surface area (Å²) in [5.74, 6) is -0.0133. The van der Waals surface area contributed by atoms with Gasteiger partial charge < -0.3 is 30.4 Å². The smallest absolute Gasteiger partial charge is 0.324 e. The number of hydrogen-bond donors (Lipinski definition) is 4. The Kier molecular flexibility index (Phi) is 12.8. The third-order valence-corrected chi connectivity index (χ3v) is 12.7. The number of urea groups is 2. The summed E-state index contributed by atoms with van der Waals surface area (Å²) >= 11 is 0. The monoisotopic (exact) mass is 790 g/mol. The van der Waals surface area contributed by atoms with E-state index in [0.717, 1.165) is 63.9 Å². The van der Waals surface area contributed by atoms with Gasteiger partial charge in [0.15, 0.2) is 0 Å². The van der Waals surface area contributed by atoms with Gasteiger partial charge in [-0.05, 0) is 114 Å². The van der Waals surface area contributed by atoms with E-state index in [-0.39, 0.29) is 35.8 Å². The van der Waals surface area contributed by atoms with Crippen molar-refractivity contribution in [2.75, 3.05) is 73.5 Å². The second kappa shape index (κ2) is 17.9. The highest BCUT2D eigenvalue weighted by Crippen LogP contribution is 2.45. The first-order valence-corrected chi connectivity index (χ1v) is 21.3. The van der Waals surface area contributed by atoms with Crippen molar-refractivity contribution in [3.8, 4) is 0 Å². The lowest BCUT2D eigenvalue weighted by atomic mass is 9.72. The summed E-state index contributed by atoms with van der Waals surface area (Å²) in [6.45, 7) is 15.4. The Labute approximate surface area is 343 Å². The van der Waals surface area contributed by atoms with Crippen molar-refractivity contribution in [1.29, 1.82) is 0 Å². The number of likely N-dealkylation sites (tertiary alicyclic amines) is 1. The average Bonchev–Trinajstić information content (AvgIpc) is 3.83. The second-order valence-corrected chi connectivity index (χ2v) is 16.7. The van der Waals surface area contributed by atoms with Crippen LogP contribution in [0.2, 0.25) is 0 Å². The molecule has 8 rings (SSSR count). The van der Waals surface area contributed by atoms with E-state index in [1.165, 1.54) is 49.0 Å². The molecule has 310 valence electrons. The average molecular weight is 790 g/mol. The molecule has 0 saturated carbocycles. The summed E-state index contributed by atoms with van der Waals surface area (Å²) in [5, 5.41) is 8.69. The van der Waals surface area contributed by atoms with Crippen LogP contribution < -0.4 is 10.6 Å². The number of hydrogen-bond acceptors (Lipinski definition) is 6. The van der Waals surface area contributed by atoms with E-state index in [9.17, 15) is 14.4 Å². The highest BCUT2D eigenvalue weighted by Gasteiger charge is 2.44. The fourth-order valence-electron chi connectivity index (χ4n) is 9.98. The lowest BCUT2D eigenvalue weighted by Gasteiger charge is -2.47. The molecule has 4 aliphatic rings. The maximum absolute atomic E-state index is 13.7. The number of nitrogens with one attached hydrogen (secondary N) is 4. The Bertz CT molecular complexity index is 2150. The Morgan fingerprint density at radius 3 is 2.31 bits per heavy atom. The zero-order valence-electron chi connectivity index (χ0n) is 35.3. The SMILES string of the molecule is C=CCN1C[C@H](C(=O)N(CCCN(C)C)C(=O)NCC)C[C@@H]2c3cccc4[nH]cc(c34)C[C@H]21.CCN(CC)C(=O)N[C@H]1C=C2c3cccc4[nH]cc(c34)C[C@H]2N(C)C1. The summed E-state index contributed by atoms with van der Waals surface area (Å²) in [5.41, 5.74) is 9.08. The second-order valence-electron chi connectivity index (χ2n) is 16.7.